The maximum atomic E-state index is 12.3. The van der Waals surface area contributed by atoms with E-state index in [2.05, 4.69) is 4.98 Å². The standard InChI is InChI=1S/C19H24N2O3/c1-3-21-17-10-9-15(11-16(17)20-13(2)18(21)22)19(23)24-12-14-7-5-4-6-8-14/h9-11,14H,3-8,12H2,1-2H3. The van der Waals surface area contributed by atoms with E-state index < -0.39 is 0 Å². The van der Waals surface area contributed by atoms with Gasteiger partial charge in [0, 0.05) is 6.54 Å². The zero-order valence-corrected chi connectivity index (χ0v) is 14.4. The molecule has 0 radical (unpaired) electrons. The molecule has 1 aliphatic rings. The van der Waals surface area contributed by atoms with E-state index in [9.17, 15) is 9.59 Å². The van der Waals surface area contributed by atoms with Gasteiger partial charge in [-0.2, -0.15) is 0 Å². The Labute approximate surface area is 141 Å². The Bertz CT molecular complexity index is 804. The quantitative estimate of drug-likeness (QED) is 0.806. The Morgan fingerprint density at radius 1 is 1.29 bits per heavy atom. The van der Waals surface area contributed by atoms with Crippen LogP contribution in [0.2, 0.25) is 0 Å². The van der Waals surface area contributed by atoms with Crippen molar-refractivity contribution in [2.45, 2.75) is 52.5 Å². The van der Waals surface area contributed by atoms with Crippen molar-refractivity contribution in [3.05, 3.63) is 39.8 Å². The molecule has 128 valence electrons. The molecule has 1 saturated carbocycles. The van der Waals surface area contributed by atoms with E-state index in [0.29, 0.717) is 35.8 Å². The first-order chi connectivity index (χ1) is 11.6. The van der Waals surface area contributed by atoms with Crippen LogP contribution in [0.4, 0.5) is 0 Å². The second-order valence-electron chi connectivity index (χ2n) is 6.55. The molecule has 0 spiro atoms. The van der Waals surface area contributed by atoms with Gasteiger partial charge >= 0.3 is 5.97 Å². The lowest BCUT2D eigenvalue weighted by Crippen LogP contribution is -2.23. The third-order valence-electron chi connectivity index (χ3n) is 4.84. The minimum atomic E-state index is -0.309. The maximum Gasteiger partial charge on any atom is 0.338 e. The largest absolute Gasteiger partial charge is 0.462 e. The number of aromatic nitrogens is 2. The lowest BCUT2D eigenvalue weighted by molar-refractivity contribution is 0.0410. The highest BCUT2D eigenvalue weighted by atomic mass is 16.5. The first-order valence-corrected chi connectivity index (χ1v) is 8.78. The van der Waals surface area contributed by atoms with Crippen LogP contribution in [0.5, 0.6) is 0 Å². The van der Waals surface area contributed by atoms with Crippen LogP contribution in [0.15, 0.2) is 23.0 Å². The Morgan fingerprint density at radius 3 is 2.75 bits per heavy atom. The topological polar surface area (TPSA) is 61.2 Å². The van der Waals surface area contributed by atoms with Crippen LogP contribution >= 0.6 is 0 Å². The molecule has 3 rings (SSSR count). The third-order valence-corrected chi connectivity index (χ3v) is 4.84. The van der Waals surface area contributed by atoms with Crippen LogP contribution in [0, 0.1) is 12.8 Å². The molecular weight excluding hydrogens is 304 g/mol. The van der Waals surface area contributed by atoms with E-state index >= 15 is 0 Å². The van der Waals surface area contributed by atoms with E-state index in [0.717, 1.165) is 18.4 Å². The number of nitrogens with zero attached hydrogens (tertiary/aromatic N) is 2. The number of hydrogen-bond acceptors (Lipinski definition) is 4. The lowest BCUT2D eigenvalue weighted by atomic mass is 9.90. The Balaban J connectivity index is 1.81. The van der Waals surface area contributed by atoms with Crippen molar-refractivity contribution >= 4 is 17.0 Å². The van der Waals surface area contributed by atoms with Gasteiger partial charge in [0.1, 0.15) is 5.69 Å². The van der Waals surface area contributed by atoms with Gasteiger partial charge < -0.3 is 9.30 Å². The third kappa shape index (κ3) is 3.35. The number of benzene rings is 1. The summed E-state index contributed by atoms with van der Waals surface area (Å²) in [6, 6.07) is 5.22. The number of rotatable bonds is 4. The van der Waals surface area contributed by atoms with Crippen molar-refractivity contribution in [1.29, 1.82) is 0 Å². The second kappa shape index (κ2) is 7.16. The molecule has 5 heteroatoms. The highest BCUT2D eigenvalue weighted by Gasteiger charge is 2.17. The SMILES string of the molecule is CCn1c(=O)c(C)nc2cc(C(=O)OCC3CCCCC3)ccc21. The molecule has 2 aromatic rings. The van der Waals surface area contributed by atoms with Crippen LogP contribution in [0.3, 0.4) is 0 Å². The number of aryl methyl sites for hydroxylation is 2. The van der Waals surface area contributed by atoms with Crippen molar-refractivity contribution in [3.8, 4) is 0 Å². The molecule has 0 unspecified atom stereocenters. The molecule has 0 saturated heterocycles. The summed E-state index contributed by atoms with van der Waals surface area (Å²) in [6.45, 7) is 4.69. The molecule has 24 heavy (non-hydrogen) atoms. The van der Waals surface area contributed by atoms with Crippen molar-refractivity contribution in [2.24, 2.45) is 5.92 Å². The zero-order chi connectivity index (χ0) is 17.1. The number of ether oxygens (including phenoxy) is 1. The fourth-order valence-electron chi connectivity index (χ4n) is 3.45. The van der Waals surface area contributed by atoms with Crippen LogP contribution in [0.25, 0.3) is 11.0 Å². The molecule has 1 fully saturated rings. The second-order valence-corrected chi connectivity index (χ2v) is 6.55. The fourth-order valence-corrected chi connectivity index (χ4v) is 3.45. The van der Waals surface area contributed by atoms with Gasteiger partial charge in [-0.25, -0.2) is 9.78 Å². The van der Waals surface area contributed by atoms with Gasteiger partial charge in [0.2, 0.25) is 0 Å². The number of hydrogen-bond donors (Lipinski definition) is 0. The maximum absolute atomic E-state index is 12.3. The van der Waals surface area contributed by atoms with Gasteiger partial charge in [0.25, 0.3) is 5.56 Å². The summed E-state index contributed by atoms with van der Waals surface area (Å²) < 4.78 is 7.17. The van der Waals surface area contributed by atoms with Gasteiger partial charge in [-0.3, -0.25) is 4.79 Å². The summed E-state index contributed by atoms with van der Waals surface area (Å²) in [7, 11) is 0. The average Bonchev–Trinajstić information content (AvgIpc) is 2.61. The summed E-state index contributed by atoms with van der Waals surface area (Å²) in [6.07, 6.45) is 6.05. The van der Waals surface area contributed by atoms with Crippen molar-refractivity contribution in [2.75, 3.05) is 6.61 Å². The average molecular weight is 328 g/mol. The highest BCUT2D eigenvalue weighted by Crippen LogP contribution is 2.24. The van der Waals surface area contributed by atoms with Gasteiger partial charge in [0.05, 0.1) is 23.2 Å². The minimum Gasteiger partial charge on any atom is -0.462 e. The lowest BCUT2D eigenvalue weighted by Gasteiger charge is -2.21. The number of carbonyl (C=O) groups is 1. The van der Waals surface area contributed by atoms with Crippen LogP contribution in [-0.2, 0) is 11.3 Å². The van der Waals surface area contributed by atoms with E-state index in [4.69, 9.17) is 4.74 Å². The number of carbonyl (C=O) groups excluding carboxylic acids is 1. The van der Waals surface area contributed by atoms with E-state index in [1.807, 2.05) is 6.92 Å². The summed E-state index contributed by atoms with van der Waals surface area (Å²) in [5.74, 6) is 0.185. The Kier molecular flexibility index (Phi) is 4.97. The summed E-state index contributed by atoms with van der Waals surface area (Å²) in [4.78, 5) is 28.8. The molecule has 1 aromatic carbocycles. The Morgan fingerprint density at radius 2 is 2.04 bits per heavy atom. The number of fused-ring (bicyclic) bond motifs is 1. The normalized spacial score (nSPS) is 15.6. The van der Waals surface area contributed by atoms with Crippen LogP contribution in [-0.4, -0.2) is 22.1 Å². The first kappa shape index (κ1) is 16.7. The smallest absolute Gasteiger partial charge is 0.338 e. The van der Waals surface area contributed by atoms with E-state index in [-0.39, 0.29) is 11.5 Å². The monoisotopic (exact) mass is 328 g/mol. The molecule has 0 aliphatic heterocycles. The minimum absolute atomic E-state index is 0.0855. The molecule has 0 bridgehead atoms. The first-order valence-electron chi connectivity index (χ1n) is 8.78. The predicted molar refractivity (Wildman–Crippen MR) is 93.3 cm³/mol. The Hall–Kier alpha value is -2.17. The molecule has 1 heterocycles. The molecule has 0 atom stereocenters. The van der Waals surface area contributed by atoms with E-state index in [1.54, 1.807) is 29.7 Å². The summed E-state index contributed by atoms with van der Waals surface area (Å²) in [5.41, 5.74) is 2.25. The number of esters is 1. The summed E-state index contributed by atoms with van der Waals surface area (Å²) >= 11 is 0. The molecule has 0 amide bonds. The van der Waals surface area contributed by atoms with Crippen molar-refractivity contribution in [1.82, 2.24) is 9.55 Å². The predicted octanol–water partition coefficient (Wildman–Crippen LogP) is 3.46. The van der Waals surface area contributed by atoms with Gasteiger partial charge in [-0.15, -0.1) is 0 Å². The fraction of sp³-hybridized carbons (Fsp3) is 0.526. The van der Waals surface area contributed by atoms with Gasteiger partial charge in [-0.1, -0.05) is 19.3 Å². The van der Waals surface area contributed by atoms with Crippen molar-refractivity contribution in [3.63, 3.8) is 0 Å². The zero-order valence-electron chi connectivity index (χ0n) is 14.4. The van der Waals surface area contributed by atoms with Crippen molar-refractivity contribution < 1.29 is 9.53 Å². The van der Waals surface area contributed by atoms with Gasteiger partial charge in [-0.05, 0) is 50.8 Å². The van der Waals surface area contributed by atoms with Crippen LogP contribution < -0.4 is 5.56 Å². The molecule has 1 aliphatic carbocycles. The summed E-state index contributed by atoms with van der Waals surface area (Å²) in [5, 5.41) is 0. The molecule has 1 aromatic heterocycles. The van der Waals surface area contributed by atoms with Gasteiger partial charge in [0.15, 0.2) is 0 Å². The molecule has 0 N–H and O–H groups in total. The molecular formula is C19H24N2O3. The molecule has 5 nitrogen and oxygen atoms in total. The van der Waals surface area contributed by atoms with Crippen LogP contribution in [0.1, 0.15) is 55.1 Å². The highest BCUT2D eigenvalue weighted by molar-refractivity contribution is 5.93. The van der Waals surface area contributed by atoms with E-state index in [1.165, 1.54) is 19.3 Å².